The number of thioether (sulfide) groups is 1. The van der Waals surface area contributed by atoms with Crippen LogP contribution in [0.2, 0.25) is 0 Å². The molecule has 11 nitrogen and oxygen atoms in total. The molecule has 0 aliphatic carbocycles. The van der Waals surface area contributed by atoms with E-state index in [0.717, 1.165) is 10.0 Å². The molecular formula is C18H18BrN9O2S. The maximum atomic E-state index is 12.8. The zero-order chi connectivity index (χ0) is 21.8. The minimum Gasteiger partial charge on any atom is -0.354 e. The van der Waals surface area contributed by atoms with Gasteiger partial charge in [0, 0.05) is 18.1 Å². The normalized spacial score (nSPS) is 11.2. The van der Waals surface area contributed by atoms with Gasteiger partial charge in [-0.1, -0.05) is 39.8 Å². The molecule has 3 heterocycles. The molecule has 4 aromatic rings. The summed E-state index contributed by atoms with van der Waals surface area (Å²) in [6.07, 6.45) is 3.04. The largest absolute Gasteiger partial charge is 0.354 e. The lowest BCUT2D eigenvalue weighted by Crippen LogP contribution is -2.29. The van der Waals surface area contributed by atoms with Crippen molar-refractivity contribution in [3.63, 3.8) is 0 Å². The molecule has 1 N–H and O–H groups in total. The van der Waals surface area contributed by atoms with E-state index in [2.05, 4.69) is 46.9 Å². The molecule has 160 valence electrons. The van der Waals surface area contributed by atoms with Crippen LogP contribution in [0.25, 0.3) is 11.0 Å². The number of tetrazole rings is 1. The lowest BCUT2D eigenvalue weighted by molar-refractivity contribution is -0.118. The van der Waals surface area contributed by atoms with Gasteiger partial charge in [-0.05, 0) is 28.1 Å². The highest BCUT2D eigenvalue weighted by Crippen LogP contribution is 2.12. The maximum Gasteiger partial charge on any atom is 0.264 e. The lowest BCUT2D eigenvalue weighted by Gasteiger charge is -2.07. The zero-order valence-corrected chi connectivity index (χ0v) is 18.9. The Morgan fingerprint density at radius 2 is 2.06 bits per heavy atom. The molecule has 1 amide bonds. The van der Waals surface area contributed by atoms with E-state index in [1.54, 1.807) is 16.3 Å². The van der Waals surface area contributed by atoms with E-state index in [-0.39, 0.29) is 17.2 Å². The van der Waals surface area contributed by atoms with Crippen LogP contribution in [0, 0.1) is 0 Å². The fraction of sp³-hybridized carbons (Fsp3) is 0.278. The second-order valence-corrected chi connectivity index (χ2v) is 8.49. The fourth-order valence-electron chi connectivity index (χ4n) is 2.89. The molecular weight excluding hydrogens is 486 g/mol. The van der Waals surface area contributed by atoms with Crippen LogP contribution in [-0.4, -0.2) is 57.7 Å². The minimum absolute atomic E-state index is 0.144. The second-order valence-electron chi connectivity index (χ2n) is 6.63. The molecule has 0 saturated carbocycles. The molecule has 0 radical (unpaired) electrons. The van der Waals surface area contributed by atoms with Crippen LogP contribution in [0.5, 0.6) is 0 Å². The number of hydrogen-bond donors (Lipinski definition) is 1. The van der Waals surface area contributed by atoms with Crippen molar-refractivity contribution in [3.05, 3.63) is 57.2 Å². The summed E-state index contributed by atoms with van der Waals surface area (Å²) in [4.78, 5) is 29.2. The quantitative estimate of drug-likeness (QED) is 0.350. The summed E-state index contributed by atoms with van der Waals surface area (Å²) >= 11 is 4.65. The molecule has 4 rings (SSSR count). The number of rotatable bonds is 8. The number of nitrogens with zero attached hydrogens (tertiary/aromatic N) is 8. The first kappa shape index (κ1) is 21.2. The molecule has 0 aliphatic heterocycles. The van der Waals surface area contributed by atoms with E-state index in [4.69, 9.17) is 0 Å². The van der Waals surface area contributed by atoms with E-state index >= 15 is 0 Å². The number of amides is 1. The molecule has 0 unspecified atom stereocenters. The monoisotopic (exact) mass is 503 g/mol. The third-order valence-corrected chi connectivity index (χ3v) is 5.99. The number of hydrogen-bond acceptors (Lipinski definition) is 8. The van der Waals surface area contributed by atoms with Gasteiger partial charge in [-0.15, -0.1) is 5.10 Å². The number of carbonyl (C=O) groups excluding carboxylic acids is 1. The molecule has 0 saturated heterocycles. The fourth-order valence-corrected chi connectivity index (χ4v) is 3.83. The molecule has 0 fully saturated rings. The van der Waals surface area contributed by atoms with E-state index in [0.29, 0.717) is 35.8 Å². The third kappa shape index (κ3) is 4.99. The van der Waals surface area contributed by atoms with Crippen molar-refractivity contribution in [1.29, 1.82) is 0 Å². The van der Waals surface area contributed by atoms with Crippen molar-refractivity contribution in [3.8, 4) is 0 Å². The first-order valence-electron chi connectivity index (χ1n) is 9.28. The molecule has 1 aromatic carbocycles. The highest BCUT2D eigenvalue weighted by molar-refractivity contribution is 9.10. The highest BCUT2D eigenvalue weighted by Gasteiger charge is 2.11. The lowest BCUT2D eigenvalue weighted by atomic mass is 10.2. The molecule has 31 heavy (non-hydrogen) atoms. The summed E-state index contributed by atoms with van der Waals surface area (Å²) in [6.45, 7) is 1.18. The Kier molecular flexibility index (Phi) is 6.42. The molecule has 13 heteroatoms. The molecule has 0 aliphatic rings. The zero-order valence-electron chi connectivity index (χ0n) is 16.5. The molecule has 3 aromatic heterocycles. The van der Waals surface area contributed by atoms with E-state index in [1.807, 2.05) is 24.3 Å². The highest BCUT2D eigenvalue weighted by atomic mass is 79.9. The van der Waals surface area contributed by atoms with Gasteiger partial charge in [0.1, 0.15) is 11.7 Å². The van der Waals surface area contributed by atoms with Gasteiger partial charge in [-0.3, -0.25) is 14.2 Å². The van der Waals surface area contributed by atoms with E-state index < -0.39 is 0 Å². The average molecular weight is 504 g/mol. The Labute approximate surface area is 189 Å². The number of nitrogens with one attached hydrogen (secondary N) is 1. The van der Waals surface area contributed by atoms with Gasteiger partial charge in [0.25, 0.3) is 5.56 Å². The van der Waals surface area contributed by atoms with Crippen molar-refractivity contribution in [1.82, 2.24) is 44.9 Å². The summed E-state index contributed by atoms with van der Waals surface area (Å²) in [5, 5.41) is 19.1. The summed E-state index contributed by atoms with van der Waals surface area (Å²) < 4.78 is 5.65. The standard InChI is InChI=1S/C18H18BrN9O2S/c1-26-18(23-24-25-26)31-10-15(29)20-6-7-28-16-14(8-22-28)17(30)27(11-21-16)9-12-2-4-13(19)5-3-12/h2-5,8,11H,6-7,9-10H2,1H3,(H,20,29). The summed E-state index contributed by atoms with van der Waals surface area (Å²) in [5.74, 6) is 0.0573. The van der Waals surface area contributed by atoms with Gasteiger partial charge < -0.3 is 5.32 Å². The molecule has 0 bridgehead atoms. The van der Waals surface area contributed by atoms with Crippen LogP contribution < -0.4 is 10.9 Å². The van der Waals surface area contributed by atoms with Gasteiger partial charge in [-0.2, -0.15) is 5.10 Å². The number of aromatic nitrogens is 8. The minimum atomic E-state index is -0.156. The van der Waals surface area contributed by atoms with E-state index in [9.17, 15) is 9.59 Å². The smallest absolute Gasteiger partial charge is 0.264 e. The second kappa shape index (κ2) is 9.39. The van der Waals surface area contributed by atoms with Crippen LogP contribution in [-0.2, 0) is 24.9 Å². The number of aryl methyl sites for hydroxylation is 1. The van der Waals surface area contributed by atoms with Gasteiger partial charge in [0.15, 0.2) is 5.65 Å². The Bertz CT molecular complexity index is 1270. The van der Waals surface area contributed by atoms with Crippen LogP contribution >= 0.6 is 27.7 Å². The summed E-state index contributed by atoms with van der Waals surface area (Å²) in [5.41, 5.74) is 1.33. The van der Waals surface area contributed by atoms with Crippen molar-refractivity contribution >= 4 is 44.6 Å². The van der Waals surface area contributed by atoms with Gasteiger partial charge in [0.05, 0.1) is 25.0 Å². The van der Waals surface area contributed by atoms with Crippen molar-refractivity contribution in [2.75, 3.05) is 12.3 Å². The van der Waals surface area contributed by atoms with Gasteiger partial charge in [0.2, 0.25) is 11.1 Å². The first-order chi connectivity index (χ1) is 15.0. The Morgan fingerprint density at radius 3 is 2.81 bits per heavy atom. The number of halogens is 1. The topological polar surface area (TPSA) is 125 Å². The third-order valence-electron chi connectivity index (χ3n) is 4.45. The molecule has 0 atom stereocenters. The van der Waals surface area contributed by atoms with Gasteiger partial charge >= 0.3 is 0 Å². The first-order valence-corrected chi connectivity index (χ1v) is 11.1. The van der Waals surface area contributed by atoms with Crippen LogP contribution in [0.15, 0.2) is 51.2 Å². The van der Waals surface area contributed by atoms with E-state index in [1.165, 1.54) is 29.0 Å². The SMILES string of the molecule is Cn1nnnc1SCC(=O)NCCn1ncc2c(=O)n(Cc3ccc(Br)cc3)cnc21. The maximum absolute atomic E-state index is 12.8. The van der Waals surface area contributed by atoms with Gasteiger partial charge in [-0.25, -0.2) is 14.3 Å². The summed E-state index contributed by atoms with van der Waals surface area (Å²) in [7, 11) is 1.71. The van der Waals surface area contributed by atoms with Crippen LogP contribution in [0.4, 0.5) is 0 Å². The van der Waals surface area contributed by atoms with Crippen LogP contribution in [0.1, 0.15) is 5.56 Å². The van der Waals surface area contributed by atoms with Crippen LogP contribution in [0.3, 0.4) is 0 Å². The average Bonchev–Trinajstić information content (AvgIpc) is 3.36. The Morgan fingerprint density at radius 1 is 1.26 bits per heavy atom. The van der Waals surface area contributed by atoms with Crippen molar-refractivity contribution in [2.45, 2.75) is 18.2 Å². The predicted molar refractivity (Wildman–Crippen MR) is 118 cm³/mol. The van der Waals surface area contributed by atoms with Crippen molar-refractivity contribution in [2.24, 2.45) is 7.05 Å². The predicted octanol–water partition coefficient (Wildman–Crippen LogP) is 0.836. The molecule has 0 spiro atoms. The number of carbonyl (C=O) groups is 1. The Hall–Kier alpha value is -3.06. The summed E-state index contributed by atoms with van der Waals surface area (Å²) in [6, 6.07) is 7.76. The number of fused-ring (bicyclic) bond motifs is 1. The Balaban J connectivity index is 1.36. The number of benzene rings is 1. The van der Waals surface area contributed by atoms with Crippen molar-refractivity contribution < 1.29 is 4.79 Å².